The third kappa shape index (κ3) is 3.81. The van der Waals surface area contributed by atoms with Crippen molar-refractivity contribution >= 4 is 21.4 Å². The third-order valence-corrected chi connectivity index (χ3v) is 7.06. The lowest BCUT2D eigenvalue weighted by Gasteiger charge is -2.15. The summed E-state index contributed by atoms with van der Waals surface area (Å²) in [5, 5.41) is 3.34. The average Bonchev–Trinajstić information content (AvgIpc) is 3.08. The summed E-state index contributed by atoms with van der Waals surface area (Å²) in [6, 6.07) is 2.20. The second kappa shape index (κ2) is 6.13. The van der Waals surface area contributed by atoms with Crippen LogP contribution in [-0.4, -0.2) is 32.4 Å². The highest BCUT2D eigenvalue weighted by Crippen LogP contribution is 2.33. The minimum Gasteiger partial charge on any atom is -0.310 e. The van der Waals surface area contributed by atoms with Crippen LogP contribution in [0.4, 0.5) is 0 Å². The number of nitrogens with zero attached hydrogens (tertiary/aromatic N) is 1. The fraction of sp³-hybridized carbons (Fsp3) is 0.714. The smallest absolute Gasteiger partial charge is 0.252 e. The van der Waals surface area contributed by atoms with Gasteiger partial charge in [-0.1, -0.05) is 13.8 Å². The molecule has 0 aliphatic heterocycles. The van der Waals surface area contributed by atoms with Gasteiger partial charge in [0.1, 0.15) is 4.21 Å². The monoisotopic (exact) mass is 316 g/mol. The number of aryl methyl sites for hydroxylation is 1. The molecule has 1 heterocycles. The van der Waals surface area contributed by atoms with Crippen LogP contribution < -0.4 is 5.32 Å². The average molecular weight is 316 g/mol. The van der Waals surface area contributed by atoms with Crippen molar-refractivity contribution in [2.45, 2.75) is 50.4 Å². The number of sulfonamides is 1. The summed E-state index contributed by atoms with van der Waals surface area (Å²) in [7, 11) is -1.62. The van der Waals surface area contributed by atoms with Crippen molar-refractivity contribution in [2.24, 2.45) is 5.92 Å². The lowest BCUT2D eigenvalue weighted by atomic mass is 10.3. The van der Waals surface area contributed by atoms with E-state index in [0.717, 1.165) is 29.8 Å². The second-order valence-corrected chi connectivity index (χ2v) is 9.34. The number of hydrogen-bond donors (Lipinski definition) is 1. The van der Waals surface area contributed by atoms with Gasteiger partial charge in [-0.3, -0.25) is 0 Å². The van der Waals surface area contributed by atoms with E-state index in [1.54, 1.807) is 13.1 Å². The molecule has 1 fully saturated rings. The van der Waals surface area contributed by atoms with Crippen molar-refractivity contribution in [3.63, 3.8) is 0 Å². The zero-order valence-electron chi connectivity index (χ0n) is 12.6. The van der Waals surface area contributed by atoms with Gasteiger partial charge in [-0.15, -0.1) is 11.3 Å². The number of nitrogens with one attached hydrogen (secondary N) is 1. The Balaban J connectivity index is 2.12. The molecular weight excluding hydrogens is 292 g/mol. The maximum absolute atomic E-state index is 12.5. The van der Waals surface area contributed by atoms with Gasteiger partial charge < -0.3 is 5.32 Å². The molecule has 0 radical (unpaired) electrons. The zero-order chi connectivity index (χ0) is 14.9. The molecule has 114 valence electrons. The van der Waals surface area contributed by atoms with Gasteiger partial charge in [0.25, 0.3) is 10.0 Å². The van der Waals surface area contributed by atoms with Gasteiger partial charge in [0, 0.05) is 31.1 Å². The molecule has 1 N–H and O–H groups in total. The fourth-order valence-electron chi connectivity index (χ4n) is 2.00. The Kier molecular flexibility index (Phi) is 4.89. The van der Waals surface area contributed by atoms with Crippen LogP contribution in [0, 0.1) is 12.8 Å². The Labute approximate surface area is 126 Å². The summed E-state index contributed by atoms with van der Waals surface area (Å²) in [5.41, 5.74) is 1.06. The van der Waals surface area contributed by atoms with Crippen LogP contribution >= 0.6 is 11.3 Å². The maximum Gasteiger partial charge on any atom is 0.252 e. The SMILES string of the molecule is Cc1cc(S(=O)(=O)N(C)CC2CC2)sc1CNC(C)C. The highest BCUT2D eigenvalue weighted by atomic mass is 32.2. The summed E-state index contributed by atoms with van der Waals surface area (Å²) >= 11 is 1.39. The number of rotatable bonds is 7. The van der Waals surface area contributed by atoms with Gasteiger partial charge in [-0.2, -0.15) is 4.31 Å². The summed E-state index contributed by atoms with van der Waals surface area (Å²) in [6.45, 7) is 7.54. The first-order valence-electron chi connectivity index (χ1n) is 7.09. The Bertz CT molecular complexity index is 560. The molecule has 1 aromatic rings. The van der Waals surface area contributed by atoms with Crippen LogP contribution in [-0.2, 0) is 16.6 Å². The first-order chi connectivity index (χ1) is 9.30. The van der Waals surface area contributed by atoms with E-state index >= 15 is 0 Å². The molecule has 0 unspecified atom stereocenters. The number of thiophene rings is 1. The highest BCUT2D eigenvalue weighted by Gasteiger charge is 2.30. The quantitative estimate of drug-likeness (QED) is 0.841. The molecule has 0 atom stereocenters. The van der Waals surface area contributed by atoms with Crippen LogP contribution in [0.1, 0.15) is 37.1 Å². The van der Waals surface area contributed by atoms with Crippen molar-refractivity contribution in [1.82, 2.24) is 9.62 Å². The molecule has 20 heavy (non-hydrogen) atoms. The van der Waals surface area contributed by atoms with Gasteiger partial charge in [0.2, 0.25) is 0 Å². The van der Waals surface area contributed by atoms with Crippen molar-refractivity contribution in [2.75, 3.05) is 13.6 Å². The Hall–Kier alpha value is -0.430. The number of hydrogen-bond acceptors (Lipinski definition) is 4. The predicted molar refractivity (Wildman–Crippen MR) is 83.6 cm³/mol. The summed E-state index contributed by atoms with van der Waals surface area (Å²) in [5.74, 6) is 0.568. The van der Waals surface area contributed by atoms with Crippen LogP contribution in [0.5, 0.6) is 0 Å². The van der Waals surface area contributed by atoms with Crippen molar-refractivity contribution < 1.29 is 8.42 Å². The molecule has 0 aromatic carbocycles. The van der Waals surface area contributed by atoms with E-state index < -0.39 is 10.0 Å². The standard InChI is InChI=1S/C14H24N2O2S2/c1-10(2)15-8-13-11(3)7-14(19-13)20(17,18)16(4)9-12-5-6-12/h7,10,12,15H,5-6,8-9H2,1-4H3. The van der Waals surface area contributed by atoms with Crippen LogP contribution in [0.15, 0.2) is 10.3 Å². The molecule has 0 saturated heterocycles. The van der Waals surface area contributed by atoms with E-state index in [1.807, 2.05) is 6.92 Å². The van der Waals surface area contributed by atoms with Crippen molar-refractivity contribution in [1.29, 1.82) is 0 Å². The minimum absolute atomic E-state index is 0.397. The van der Waals surface area contributed by atoms with Gasteiger partial charge in [0.05, 0.1) is 0 Å². The van der Waals surface area contributed by atoms with Crippen LogP contribution in [0.3, 0.4) is 0 Å². The summed E-state index contributed by atoms with van der Waals surface area (Å²) in [6.07, 6.45) is 2.32. The van der Waals surface area contributed by atoms with Crippen LogP contribution in [0.25, 0.3) is 0 Å². The second-order valence-electron chi connectivity index (χ2n) is 5.94. The molecular formula is C14H24N2O2S2. The van der Waals surface area contributed by atoms with Gasteiger partial charge in [-0.05, 0) is 37.3 Å². The molecule has 6 heteroatoms. The highest BCUT2D eigenvalue weighted by molar-refractivity contribution is 7.91. The Morgan fingerprint density at radius 1 is 1.45 bits per heavy atom. The molecule has 4 nitrogen and oxygen atoms in total. The van der Waals surface area contributed by atoms with Crippen molar-refractivity contribution in [3.8, 4) is 0 Å². The van der Waals surface area contributed by atoms with Crippen LogP contribution in [0.2, 0.25) is 0 Å². The fourth-order valence-corrected chi connectivity index (χ4v) is 5.00. The van der Waals surface area contributed by atoms with E-state index in [0.29, 0.717) is 22.7 Å². The Morgan fingerprint density at radius 2 is 2.10 bits per heavy atom. The third-order valence-electron chi connectivity index (χ3n) is 3.55. The molecule has 1 aromatic heterocycles. The molecule has 0 spiro atoms. The van der Waals surface area contributed by atoms with Gasteiger partial charge in [-0.25, -0.2) is 8.42 Å². The molecule has 2 rings (SSSR count). The molecule has 0 amide bonds. The van der Waals surface area contributed by atoms with E-state index in [-0.39, 0.29) is 0 Å². The van der Waals surface area contributed by atoms with E-state index in [4.69, 9.17) is 0 Å². The predicted octanol–water partition coefficient (Wildman–Crippen LogP) is 2.59. The summed E-state index contributed by atoms with van der Waals surface area (Å²) in [4.78, 5) is 1.11. The molecule has 0 bridgehead atoms. The topological polar surface area (TPSA) is 49.4 Å². The van der Waals surface area contributed by atoms with Crippen molar-refractivity contribution in [3.05, 3.63) is 16.5 Å². The van der Waals surface area contributed by atoms with E-state index in [9.17, 15) is 8.42 Å². The molecule has 1 saturated carbocycles. The molecule has 1 aliphatic rings. The van der Waals surface area contributed by atoms with Gasteiger partial charge >= 0.3 is 0 Å². The maximum atomic E-state index is 12.5. The zero-order valence-corrected chi connectivity index (χ0v) is 14.3. The lowest BCUT2D eigenvalue weighted by molar-refractivity contribution is 0.454. The lowest BCUT2D eigenvalue weighted by Crippen LogP contribution is -2.28. The summed E-state index contributed by atoms with van der Waals surface area (Å²) < 4.78 is 27.0. The van der Waals surface area contributed by atoms with Gasteiger partial charge in [0.15, 0.2) is 0 Å². The minimum atomic E-state index is -3.31. The normalized spacial score (nSPS) is 16.3. The molecule has 1 aliphatic carbocycles. The first-order valence-corrected chi connectivity index (χ1v) is 9.35. The van der Waals surface area contributed by atoms with E-state index in [2.05, 4.69) is 19.2 Å². The first kappa shape index (κ1) is 15.9. The Morgan fingerprint density at radius 3 is 2.65 bits per heavy atom. The largest absolute Gasteiger partial charge is 0.310 e. The van der Waals surface area contributed by atoms with E-state index in [1.165, 1.54) is 15.6 Å².